The zero-order valence-corrected chi connectivity index (χ0v) is 21.5. The van der Waals surface area contributed by atoms with Crippen LogP contribution in [0.1, 0.15) is 53.5 Å². The molecule has 1 aromatic rings. The second-order valence-corrected chi connectivity index (χ2v) is 9.29. The van der Waals surface area contributed by atoms with Crippen LogP contribution < -0.4 is 21.3 Å². The van der Waals surface area contributed by atoms with Crippen LogP contribution in [0.15, 0.2) is 30.3 Å². The van der Waals surface area contributed by atoms with Gasteiger partial charge in [0.1, 0.15) is 17.6 Å². The summed E-state index contributed by atoms with van der Waals surface area (Å²) in [6.07, 6.45) is 0.638. The van der Waals surface area contributed by atoms with Gasteiger partial charge in [-0.15, -0.1) is 0 Å². The van der Waals surface area contributed by atoms with Crippen molar-refractivity contribution in [2.75, 3.05) is 0 Å². The Bertz CT molecular complexity index is 978. The molecule has 0 aliphatic carbocycles. The van der Waals surface area contributed by atoms with Crippen molar-refractivity contribution in [2.24, 2.45) is 5.92 Å². The van der Waals surface area contributed by atoms with Gasteiger partial charge in [0.05, 0.1) is 6.04 Å². The molecule has 11 nitrogen and oxygen atoms in total. The van der Waals surface area contributed by atoms with E-state index in [0.29, 0.717) is 6.42 Å². The second kappa shape index (κ2) is 13.4. The van der Waals surface area contributed by atoms with E-state index < -0.39 is 65.0 Å². The summed E-state index contributed by atoms with van der Waals surface area (Å²) in [6.45, 7) is 8.63. The number of benzene rings is 1. The number of Topliss-reactive ketones (excluding diaryl/α,β-unsaturated/α-hetero) is 1. The Morgan fingerprint density at radius 2 is 1.50 bits per heavy atom. The molecule has 0 saturated carbocycles. The molecule has 0 saturated heterocycles. The molecule has 0 heterocycles. The molecule has 0 radical (unpaired) electrons. The van der Waals surface area contributed by atoms with E-state index in [9.17, 15) is 33.9 Å². The number of rotatable bonds is 13. The third-order valence-corrected chi connectivity index (χ3v) is 5.70. The Kier molecular flexibility index (Phi) is 11.2. The van der Waals surface area contributed by atoms with E-state index in [1.54, 1.807) is 38.1 Å². The number of carboxylic acid groups (broad SMARTS) is 1. The van der Waals surface area contributed by atoms with Gasteiger partial charge in [0.2, 0.25) is 23.5 Å². The topological polar surface area (TPSA) is 171 Å². The lowest BCUT2D eigenvalue weighted by atomic mass is 9.96. The van der Waals surface area contributed by atoms with E-state index in [-0.39, 0.29) is 6.42 Å². The summed E-state index contributed by atoms with van der Waals surface area (Å²) in [7, 11) is 0. The SMILES string of the molecule is CC[C@H](C)[C@H](NC(=O)C(=O)C(C)NC(=O)[C@H](Cc1ccccc1)NC(C)=O)C(=O)NC(C)(C)C(=O)O. The van der Waals surface area contributed by atoms with Gasteiger partial charge < -0.3 is 26.4 Å². The Hall–Kier alpha value is -3.76. The highest BCUT2D eigenvalue weighted by atomic mass is 16.4. The quantitative estimate of drug-likeness (QED) is 0.241. The molecule has 5 N–H and O–H groups in total. The number of aliphatic carboxylic acids is 1. The number of ketones is 1. The summed E-state index contributed by atoms with van der Waals surface area (Å²) in [5.41, 5.74) is -0.800. The number of hydrogen-bond donors (Lipinski definition) is 5. The first-order valence-corrected chi connectivity index (χ1v) is 11.7. The monoisotopic (exact) mass is 504 g/mol. The highest BCUT2D eigenvalue weighted by molar-refractivity contribution is 6.38. The van der Waals surface area contributed by atoms with Crippen molar-refractivity contribution >= 4 is 35.4 Å². The van der Waals surface area contributed by atoms with Crippen molar-refractivity contribution < 1.29 is 33.9 Å². The van der Waals surface area contributed by atoms with E-state index >= 15 is 0 Å². The van der Waals surface area contributed by atoms with E-state index in [2.05, 4.69) is 21.3 Å². The van der Waals surface area contributed by atoms with Gasteiger partial charge in [0.15, 0.2) is 0 Å². The second-order valence-electron chi connectivity index (χ2n) is 9.29. The summed E-state index contributed by atoms with van der Waals surface area (Å²) in [4.78, 5) is 73.8. The van der Waals surface area contributed by atoms with Crippen molar-refractivity contribution in [3.63, 3.8) is 0 Å². The third kappa shape index (κ3) is 9.12. The minimum atomic E-state index is -1.59. The fourth-order valence-corrected chi connectivity index (χ4v) is 3.23. The number of nitrogens with one attached hydrogen (secondary N) is 4. The van der Waals surface area contributed by atoms with E-state index in [0.717, 1.165) is 5.56 Å². The first-order valence-electron chi connectivity index (χ1n) is 11.7. The molecule has 1 unspecified atom stereocenters. The summed E-state index contributed by atoms with van der Waals surface area (Å²) in [5.74, 6) is -5.61. The minimum Gasteiger partial charge on any atom is -0.480 e. The van der Waals surface area contributed by atoms with Crippen LogP contribution in [0.25, 0.3) is 0 Å². The summed E-state index contributed by atoms with van der Waals surface area (Å²) in [5, 5.41) is 19.0. The maximum Gasteiger partial charge on any atom is 0.328 e. The standard InChI is InChI=1S/C25H36N4O7/c1-7-14(2)19(22(33)29-25(5,6)24(35)36)28-23(34)20(31)15(3)26-21(32)18(27-16(4)30)13-17-11-9-8-10-12-17/h8-12,14-15,18-19H,7,13H2,1-6H3,(H,26,32)(H,27,30)(H,28,34)(H,29,33)(H,35,36)/t14-,15?,18-,19-/m0/s1. The van der Waals surface area contributed by atoms with Crippen LogP contribution in [0.4, 0.5) is 0 Å². The maximum atomic E-state index is 12.8. The maximum absolute atomic E-state index is 12.8. The highest BCUT2D eigenvalue weighted by Gasteiger charge is 2.36. The smallest absolute Gasteiger partial charge is 0.328 e. The number of carboxylic acids is 1. The number of hydrogen-bond acceptors (Lipinski definition) is 6. The van der Waals surface area contributed by atoms with Crippen LogP contribution in [0, 0.1) is 5.92 Å². The van der Waals surface area contributed by atoms with Crippen LogP contribution >= 0.6 is 0 Å². The van der Waals surface area contributed by atoms with Crippen molar-refractivity contribution in [3.8, 4) is 0 Å². The number of carbonyl (C=O) groups is 6. The van der Waals surface area contributed by atoms with Crippen molar-refractivity contribution in [2.45, 2.75) is 78.0 Å². The van der Waals surface area contributed by atoms with Crippen molar-refractivity contribution in [3.05, 3.63) is 35.9 Å². The van der Waals surface area contributed by atoms with E-state index in [1.165, 1.54) is 27.7 Å². The molecule has 36 heavy (non-hydrogen) atoms. The number of amides is 4. The van der Waals surface area contributed by atoms with Crippen LogP contribution in [-0.2, 0) is 35.2 Å². The third-order valence-electron chi connectivity index (χ3n) is 5.70. The van der Waals surface area contributed by atoms with E-state index in [4.69, 9.17) is 0 Å². The van der Waals surface area contributed by atoms with Crippen LogP contribution in [0.3, 0.4) is 0 Å². The molecular weight excluding hydrogens is 468 g/mol. The Morgan fingerprint density at radius 3 is 2.00 bits per heavy atom. The molecule has 0 aromatic heterocycles. The molecule has 0 spiro atoms. The molecule has 0 aliphatic heterocycles. The Labute approximate surface area is 210 Å². The molecule has 198 valence electrons. The van der Waals surface area contributed by atoms with Crippen molar-refractivity contribution in [1.29, 1.82) is 0 Å². The van der Waals surface area contributed by atoms with Gasteiger partial charge in [-0.25, -0.2) is 4.79 Å². The van der Waals surface area contributed by atoms with Crippen LogP contribution in [0.2, 0.25) is 0 Å². The van der Waals surface area contributed by atoms with Gasteiger partial charge in [0.25, 0.3) is 5.91 Å². The predicted octanol–water partition coefficient (Wildman–Crippen LogP) is 0.318. The average molecular weight is 505 g/mol. The minimum absolute atomic E-state index is 0.176. The van der Waals surface area contributed by atoms with Crippen LogP contribution in [-0.4, -0.2) is 64.2 Å². The lowest BCUT2D eigenvalue weighted by molar-refractivity contribution is -0.147. The van der Waals surface area contributed by atoms with Gasteiger partial charge in [-0.1, -0.05) is 50.6 Å². The van der Waals surface area contributed by atoms with Gasteiger partial charge in [-0.3, -0.25) is 24.0 Å². The van der Waals surface area contributed by atoms with Gasteiger partial charge in [0, 0.05) is 13.3 Å². The van der Waals surface area contributed by atoms with Gasteiger partial charge in [-0.2, -0.15) is 0 Å². The number of carbonyl (C=O) groups excluding carboxylic acids is 5. The molecule has 4 atom stereocenters. The lowest BCUT2D eigenvalue weighted by Crippen LogP contribution is -2.60. The molecule has 4 amide bonds. The van der Waals surface area contributed by atoms with E-state index in [1.807, 2.05) is 6.07 Å². The molecule has 0 aliphatic rings. The van der Waals surface area contributed by atoms with Crippen LogP contribution in [0.5, 0.6) is 0 Å². The fourth-order valence-electron chi connectivity index (χ4n) is 3.23. The fraction of sp³-hybridized carbons (Fsp3) is 0.520. The lowest BCUT2D eigenvalue weighted by Gasteiger charge is -2.28. The molecule has 1 rings (SSSR count). The summed E-state index contributed by atoms with van der Waals surface area (Å²) in [6, 6.07) is 5.57. The highest BCUT2D eigenvalue weighted by Crippen LogP contribution is 2.11. The molecule has 1 aromatic carbocycles. The largest absolute Gasteiger partial charge is 0.480 e. The first kappa shape index (κ1) is 30.3. The van der Waals surface area contributed by atoms with Gasteiger partial charge >= 0.3 is 5.97 Å². The van der Waals surface area contributed by atoms with Gasteiger partial charge in [-0.05, 0) is 32.3 Å². The Morgan fingerprint density at radius 1 is 0.917 bits per heavy atom. The predicted molar refractivity (Wildman–Crippen MR) is 132 cm³/mol. The molecular formula is C25H36N4O7. The zero-order valence-electron chi connectivity index (χ0n) is 21.5. The molecule has 11 heteroatoms. The normalized spacial score (nSPS) is 14.4. The average Bonchev–Trinajstić information content (AvgIpc) is 2.80. The van der Waals surface area contributed by atoms with Crippen molar-refractivity contribution in [1.82, 2.24) is 21.3 Å². The molecule has 0 fully saturated rings. The first-order chi connectivity index (χ1) is 16.7. The molecule has 0 bridgehead atoms. The summed E-state index contributed by atoms with van der Waals surface area (Å²) >= 11 is 0. The Balaban J connectivity index is 2.92. The summed E-state index contributed by atoms with van der Waals surface area (Å²) < 4.78 is 0. The zero-order chi connectivity index (χ0) is 27.6.